The molecule has 210 valence electrons. The molecular weight excluding hydrogens is 466 g/mol. The summed E-state index contributed by atoms with van der Waals surface area (Å²) >= 11 is 0. The molecule has 5 unspecified atom stereocenters. The predicted octanol–water partition coefficient (Wildman–Crippen LogP) is 4.28. The van der Waals surface area contributed by atoms with Gasteiger partial charge < -0.3 is 20.7 Å². The Balaban J connectivity index is 1.24. The molecule has 3 N–H and O–H groups in total. The molecule has 4 fully saturated rings. The van der Waals surface area contributed by atoms with Crippen molar-refractivity contribution in [2.45, 2.75) is 140 Å². The second-order valence-corrected chi connectivity index (χ2v) is 12.7. The Hall–Kier alpha value is -1.47. The van der Waals surface area contributed by atoms with Crippen molar-refractivity contribution in [1.29, 1.82) is 0 Å². The monoisotopic (exact) mass is 517 g/mol. The number of carbonyl (C=O) groups excluding carboxylic acids is 3. The number of nitrogens with one attached hydrogen (secondary N) is 3. The zero-order valence-corrected chi connectivity index (χ0v) is 23.4. The molecule has 0 radical (unpaired) electrons. The van der Waals surface area contributed by atoms with Gasteiger partial charge in [0.15, 0.2) is 0 Å². The third kappa shape index (κ3) is 8.01. The van der Waals surface area contributed by atoms with Crippen molar-refractivity contribution in [3.63, 3.8) is 0 Å². The minimum atomic E-state index is -0.265. The van der Waals surface area contributed by atoms with Gasteiger partial charge in [-0.2, -0.15) is 0 Å². The summed E-state index contributed by atoms with van der Waals surface area (Å²) in [6.45, 7) is 3.82. The van der Waals surface area contributed by atoms with Gasteiger partial charge in [0.2, 0.25) is 11.8 Å². The summed E-state index contributed by atoms with van der Waals surface area (Å²) in [4.78, 5) is 38.8. The van der Waals surface area contributed by atoms with E-state index >= 15 is 0 Å². The maximum absolute atomic E-state index is 13.3. The summed E-state index contributed by atoms with van der Waals surface area (Å²) in [5.74, 6) is -0.0537. The Kier molecular flexibility index (Phi) is 10.4. The Morgan fingerprint density at radius 3 is 1.70 bits per heavy atom. The Morgan fingerprint density at radius 1 is 0.649 bits per heavy atom. The fourth-order valence-electron chi connectivity index (χ4n) is 7.33. The van der Waals surface area contributed by atoms with Crippen LogP contribution in [-0.2, 0) is 19.1 Å². The van der Waals surface area contributed by atoms with Crippen LogP contribution < -0.4 is 16.0 Å². The van der Waals surface area contributed by atoms with Crippen LogP contribution in [0.15, 0.2) is 0 Å². The fraction of sp³-hybridized carbons (Fsp3) is 0.900. The van der Waals surface area contributed by atoms with Crippen LogP contribution in [0.3, 0.4) is 0 Å². The highest BCUT2D eigenvalue weighted by Gasteiger charge is 2.39. The van der Waals surface area contributed by atoms with E-state index in [9.17, 15) is 14.4 Å². The molecule has 4 aliphatic carbocycles. The van der Waals surface area contributed by atoms with E-state index in [0.717, 1.165) is 57.8 Å². The lowest BCUT2D eigenvalue weighted by Crippen LogP contribution is -2.48. The molecule has 4 aliphatic rings. The first-order valence-electron chi connectivity index (χ1n) is 15.3. The molecule has 0 saturated heterocycles. The average molecular weight is 518 g/mol. The Labute approximate surface area is 224 Å². The van der Waals surface area contributed by atoms with Crippen molar-refractivity contribution in [1.82, 2.24) is 16.0 Å². The quantitative estimate of drug-likeness (QED) is 0.447. The van der Waals surface area contributed by atoms with Crippen molar-refractivity contribution in [2.75, 3.05) is 7.05 Å². The predicted molar refractivity (Wildman–Crippen MR) is 145 cm³/mol. The van der Waals surface area contributed by atoms with Crippen LogP contribution >= 0.6 is 0 Å². The molecule has 0 aliphatic heterocycles. The molecule has 5 atom stereocenters. The third-order valence-electron chi connectivity index (χ3n) is 9.95. The van der Waals surface area contributed by atoms with Crippen molar-refractivity contribution >= 4 is 17.6 Å². The van der Waals surface area contributed by atoms with Gasteiger partial charge in [0.05, 0.1) is 12.2 Å². The number of hydrogen-bond donors (Lipinski definition) is 3. The molecule has 0 spiro atoms. The minimum absolute atomic E-state index is 0.0320. The van der Waals surface area contributed by atoms with Gasteiger partial charge >= 0.3 is 0 Å². The van der Waals surface area contributed by atoms with E-state index in [1.165, 1.54) is 19.3 Å². The lowest BCUT2D eigenvalue weighted by molar-refractivity contribution is -0.134. The second-order valence-electron chi connectivity index (χ2n) is 12.7. The molecular formula is C30H51N3O4. The van der Waals surface area contributed by atoms with Gasteiger partial charge in [-0.25, -0.2) is 0 Å². The molecule has 37 heavy (non-hydrogen) atoms. The number of rotatable bonds is 8. The maximum atomic E-state index is 13.3. The topological polar surface area (TPSA) is 96.5 Å². The van der Waals surface area contributed by atoms with Crippen LogP contribution in [-0.4, -0.2) is 55.0 Å². The van der Waals surface area contributed by atoms with Crippen molar-refractivity contribution in [3.8, 4) is 0 Å². The van der Waals surface area contributed by atoms with Crippen molar-refractivity contribution < 1.29 is 19.1 Å². The van der Waals surface area contributed by atoms with Gasteiger partial charge in [0.1, 0.15) is 5.78 Å². The lowest BCUT2D eigenvalue weighted by atomic mass is 9.72. The van der Waals surface area contributed by atoms with Gasteiger partial charge in [-0.05, 0) is 103 Å². The van der Waals surface area contributed by atoms with Gasteiger partial charge in [-0.15, -0.1) is 0 Å². The molecule has 0 aromatic carbocycles. The SMILES string of the molecule is CNC1CCC(OC2CCC(NC(=O)C3CC(C(C)=O)CC(C(=O)NC4CCCCC4C)C3)CC2)CC1. The molecule has 4 saturated carbocycles. The number of Topliss-reactive ketones (excluding diaryl/α,β-unsaturated/α-hetero) is 1. The largest absolute Gasteiger partial charge is 0.375 e. The maximum Gasteiger partial charge on any atom is 0.223 e. The average Bonchev–Trinajstić information content (AvgIpc) is 2.91. The first-order valence-corrected chi connectivity index (χ1v) is 15.3. The van der Waals surface area contributed by atoms with Crippen LogP contribution in [0, 0.1) is 23.7 Å². The number of hydrogen-bond acceptors (Lipinski definition) is 5. The summed E-state index contributed by atoms with van der Waals surface area (Å²) in [6.07, 6.45) is 15.5. The highest BCUT2D eigenvalue weighted by atomic mass is 16.5. The van der Waals surface area contributed by atoms with Gasteiger partial charge in [0, 0.05) is 35.9 Å². The Bertz CT molecular complexity index is 773. The van der Waals surface area contributed by atoms with Crippen molar-refractivity contribution in [3.05, 3.63) is 0 Å². The third-order valence-corrected chi connectivity index (χ3v) is 9.95. The summed E-state index contributed by atoms with van der Waals surface area (Å²) in [5.41, 5.74) is 0. The van der Waals surface area contributed by atoms with E-state index in [4.69, 9.17) is 4.74 Å². The highest BCUT2D eigenvalue weighted by Crippen LogP contribution is 2.36. The van der Waals surface area contributed by atoms with Crippen LogP contribution in [0.1, 0.15) is 110 Å². The van der Waals surface area contributed by atoms with Gasteiger partial charge in [-0.3, -0.25) is 14.4 Å². The zero-order chi connectivity index (χ0) is 26.4. The van der Waals surface area contributed by atoms with Gasteiger partial charge in [-0.1, -0.05) is 19.8 Å². The lowest BCUT2D eigenvalue weighted by Gasteiger charge is -2.37. The normalized spacial score (nSPS) is 38.9. The van der Waals surface area contributed by atoms with E-state index < -0.39 is 0 Å². The molecule has 7 nitrogen and oxygen atoms in total. The first kappa shape index (κ1) is 28.5. The van der Waals surface area contributed by atoms with E-state index in [2.05, 4.69) is 22.9 Å². The number of ketones is 1. The standard InChI is InChI=1S/C30H51N3O4/c1-19-6-4-5-7-28(19)33-30(36)23-17-21(20(2)34)16-22(18-23)29(35)32-25-10-14-27(15-11-25)37-26-12-8-24(31-3)9-13-26/h19,21-28,31H,4-18H2,1-3H3,(H,32,35)(H,33,36). The van der Waals surface area contributed by atoms with E-state index in [0.29, 0.717) is 43.4 Å². The Morgan fingerprint density at radius 2 is 1.16 bits per heavy atom. The summed E-state index contributed by atoms with van der Waals surface area (Å²) in [7, 11) is 2.04. The fourth-order valence-corrected chi connectivity index (χ4v) is 7.33. The highest BCUT2D eigenvalue weighted by molar-refractivity contribution is 5.86. The van der Waals surface area contributed by atoms with Crippen LogP contribution in [0.5, 0.6) is 0 Å². The number of amides is 2. The molecule has 2 amide bonds. The van der Waals surface area contributed by atoms with E-state index in [-0.39, 0.29) is 47.4 Å². The zero-order valence-electron chi connectivity index (χ0n) is 23.4. The van der Waals surface area contributed by atoms with Gasteiger partial charge in [0.25, 0.3) is 0 Å². The summed E-state index contributed by atoms with van der Waals surface area (Å²) < 4.78 is 6.42. The summed E-state index contributed by atoms with van der Waals surface area (Å²) in [5, 5.41) is 9.95. The molecule has 7 heteroatoms. The van der Waals surface area contributed by atoms with Crippen LogP contribution in [0.25, 0.3) is 0 Å². The van der Waals surface area contributed by atoms with Crippen LogP contribution in [0.2, 0.25) is 0 Å². The first-order chi connectivity index (χ1) is 17.8. The number of ether oxygens (including phenoxy) is 1. The molecule has 0 bridgehead atoms. The molecule has 0 aromatic heterocycles. The number of carbonyl (C=O) groups is 3. The smallest absolute Gasteiger partial charge is 0.223 e. The second kappa shape index (κ2) is 13.5. The van der Waals surface area contributed by atoms with Crippen molar-refractivity contribution in [2.24, 2.45) is 23.7 Å². The summed E-state index contributed by atoms with van der Waals surface area (Å²) in [6, 6.07) is 1.03. The molecule has 0 heterocycles. The van der Waals surface area contributed by atoms with E-state index in [1.54, 1.807) is 6.92 Å². The molecule has 4 rings (SSSR count). The minimum Gasteiger partial charge on any atom is -0.375 e. The van der Waals surface area contributed by atoms with E-state index in [1.807, 2.05) is 7.05 Å². The van der Waals surface area contributed by atoms with Crippen LogP contribution in [0.4, 0.5) is 0 Å². The molecule has 0 aromatic rings.